The van der Waals surface area contributed by atoms with E-state index < -0.39 is 22.6 Å². The minimum Gasteiger partial charge on any atom is -0.316 e. The lowest BCUT2D eigenvalue weighted by atomic mass is 10.2. The van der Waals surface area contributed by atoms with E-state index in [1.165, 1.54) is 12.1 Å². The molecule has 0 unspecified atom stereocenters. The van der Waals surface area contributed by atoms with Gasteiger partial charge in [0, 0.05) is 19.5 Å². The van der Waals surface area contributed by atoms with Gasteiger partial charge < -0.3 is 5.32 Å². The summed E-state index contributed by atoms with van der Waals surface area (Å²) in [5.41, 5.74) is 0.920. The molecule has 0 bridgehead atoms. The van der Waals surface area contributed by atoms with Crippen LogP contribution in [0.2, 0.25) is 0 Å². The molecule has 0 amide bonds. The highest BCUT2D eigenvalue weighted by molar-refractivity contribution is 7.89. The highest BCUT2D eigenvalue weighted by atomic mass is 32.2. The summed E-state index contributed by atoms with van der Waals surface area (Å²) in [6.45, 7) is 0.374. The van der Waals surface area contributed by atoms with Crippen molar-refractivity contribution >= 4 is 10.0 Å². The minimum absolute atomic E-state index is 0.0457. The normalized spacial score (nSPS) is 12.6. The average molecular weight is 310 g/mol. The topological polar surface area (TPSA) is 58.2 Å². The Hall–Kier alpha value is -1.12. The molecule has 8 heteroatoms. The first-order chi connectivity index (χ1) is 9.24. The van der Waals surface area contributed by atoms with Crippen LogP contribution in [-0.2, 0) is 16.6 Å². The number of hydrogen-bond acceptors (Lipinski definition) is 3. The lowest BCUT2D eigenvalue weighted by Gasteiger charge is -2.09. The van der Waals surface area contributed by atoms with E-state index >= 15 is 0 Å². The Morgan fingerprint density at radius 2 is 1.75 bits per heavy atom. The number of benzene rings is 1. The van der Waals surface area contributed by atoms with Crippen molar-refractivity contribution < 1.29 is 21.6 Å². The monoisotopic (exact) mass is 310 g/mol. The van der Waals surface area contributed by atoms with E-state index in [1.54, 1.807) is 19.2 Å². The van der Waals surface area contributed by atoms with Gasteiger partial charge in [0.15, 0.2) is 0 Å². The van der Waals surface area contributed by atoms with Crippen LogP contribution >= 0.6 is 0 Å². The van der Waals surface area contributed by atoms with Crippen molar-refractivity contribution in [1.82, 2.24) is 10.0 Å². The second-order valence-corrected chi connectivity index (χ2v) is 6.06. The first-order valence-electron chi connectivity index (χ1n) is 6.04. The third-order valence-electron chi connectivity index (χ3n) is 2.54. The van der Waals surface area contributed by atoms with Crippen molar-refractivity contribution in [2.24, 2.45) is 0 Å². The number of hydrogen-bond donors (Lipinski definition) is 2. The van der Waals surface area contributed by atoms with E-state index in [0.717, 1.165) is 5.56 Å². The molecule has 1 rings (SSSR count). The highest BCUT2D eigenvalue weighted by Crippen LogP contribution is 2.21. The first kappa shape index (κ1) is 16.9. The van der Waals surface area contributed by atoms with Gasteiger partial charge in [0.05, 0.1) is 4.90 Å². The maximum atomic E-state index is 11.9. The lowest BCUT2D eigenvalue weighted by Crippen LogP contribution is -2.25. The Labute approximate surface area is 116 Å². The molecular formula is C12H17F3N2O2S. The van der Waals surface area contributed by atoms with Crippen molar-refractivity contribution in [2.45, 2.75) is 30.5 Å². The number of rotatable bonds is 7. The minimum atomic E-state index is -4.26. The Morgan fingerprint density at radius 3 is 2.25 bits per heavy atom. The molecule has 0 atom stereocenters. The fraction of sp³-hybridized carbons (Fsp3) is 0.500. The Kier molecular flexibility index (Phi) is 5.97. The van der Waals surface area contributed by atoms with Crippen molar-refractivity contribution in [3.8, 4) is 0 Å². The molecule has 1 aromatic carbocycles. The van der Waals surface area contributed by atoms with Crippen LogP contribution in [0.4, 0.5) is 13.2 Å². The molecule has 20 heavy (non-hydrogen) atoms. The van der Waals surface area contributed by atoms with Crippen LogP contribution in [0.1, 0.15) is 18.4 Å². The number of alkyl halides is 3. The molecule has 0 aliphatic rings. The first-order valence-corrected chi connectivity index (χ1v) is 7.53. The van der Waals surface area contributed by atoms with Gasteiger partial charge in [0.2, 0.25) is 10.0 Å². The van der Waals surface area contributed by atoms with E-state index in [4.69, 9.17) is 0 Å². The number of halogens is 3. The summed E-state index contributed by atoms with van der Waals surface area (Å²) in [5.74, 6) is 0. The van der Waals surface area contributed by atoms with Gasteiger partial charge in [-0.3, -0.25) is 0 Å². The molecule has 0 aliphatic carbocycles. The van der Waals surface area contributed by atoms with Gasteiger partial charge in [-0.25, -0.2) is 13.1 Å². The van der Waals surface area contributed by atoms with Crippen LogP contribution in [0, 0.1) is 0 Å². The van der Waals surface area contributed by atoms with E-state index in [9.17, 15) is 21.6 Å². The smallest absolute Gasteiger partial charge is 0.316 e. The Bertz CT molecular complexity index is 512. The molecule has 0 aromatic heterocycles. The van der Waals surface area contributed by atoms with Crippen LogP contribution in [0.15, 0.2) is 29.2 Å². The van der Waals surface area contributed by atoms with E-state index in [2.05, 4.69) is 10.0 Å². The maximum absolute atomic E-state index is 11.9. The second-order valence-electron chi connectivity index (χ2n) is 4.29. The molecule has 114 valence electrons. The summed E-state index contributed by atoms with van der Waals surface area (Å²) in [4.78, 5) is 0.0457. The van der Waals surface area contributed by atoms with E-state index in [-0.39, 0.29) is 17.9 Å². The summed E-state index contributed by atoms with van der Waals surface area (Å²) in [7, 11) is -1.98. The fourth-order valence-electron chi connectivity index (χ4n) is 1.57. The van der Waals surface area contributed by atoms with Crippen LogP contribution in [0.25, 0.3) is 0 Å². The molecule has 0 spiro atoms. The highest BCUT2D eigenvalue weighted by Gasteiger charge is 2.26. The van der Waals surface area contributed by atoms with Crippen LogP contribution in [-0.4, -0.2) is 28.2 Å². The SMILES string of the molecule is CNCc1ccc(S(=O)(=O)NCCCC(F)(F)F)cc1. The third-order valence-corrected chi connectivity index (χ3v) is 4.02. The quantitative estimate of drug-likeness (QED) is 0.758. The molecule has 0 radical (unpaired) electrons. The number of nitrogens with one attached hydrogen (secondary N) is 2. The van der Waals surface area contributed by atoms with Crippen molar-refractivity contribution in [1.29, 1.82) is 0 Å². The second kappa shape index (κ2) is 7.05. The zero-order chi connectivity index (χ0) is 15.2. The Balaban J connectivity index is 2.56. The van der Waals surface area contributed by atoms with Gasteiger partial charge in [0.1, 0.15) is 0 Å². The zero-order valence-corrected chi connectivity index (χ0v) is 11.8. The van der Waals surface area contributed by atoms with E-state index in [0.29, 0.717) is 6.54 Å². The average Bonchev–Trinajstić information content (AvgIpc) is 2.35. The van der Waals surface area contributed by atoms with Crippen LogP contribution < -0.4 is 10.0 Å². The van der Waals surface area contributed by atoms with Gasteiger partial charge >= 0.3 is 6.18 Å². The summed E-state index contributed by atoms with van der Waals surface area (Å²) in [6.07, 6.45) is -5.54. The van der Waals surface area contributed by atoms with Crippen molar-refractivity contribution in [2.75, 3.05) is 13.6 Å². The van der Waals surface area contributed by atoms with Crippen LogP contribution in [0.3, 0.4) is 0 Å². The molecule has 0 saturated carbocycles. The predicted octanol–water partition coefficient (Wildman–Crippen LogP) is 2.03. The molecular weight excluding hydrogens is 293 g/mol. The van der Waals surface area contributed by atoms with Gasteiger partial charge in [0.25, 0.3) is 0 Å². The molecule has 0 fully saturated rings. The molecule has 0 saturated heterocycles. The molecule has 0 aliphatic heterocycles. The fourth-order valence-corrected chi connectivity index (χ4v) is 2.64. The summed E-state index contributed by atoms with van der Waals surface area (Å²) in [6, 6.07) is 6.17. The maximum Gasteiger partial charge on any atom is 0.389 e. The van der Waals surface area contributed by atoms with Crippen molar-refractivity contribution in [3.05, 3.63) is 29.8 Å². The molecule has 1 aromatic rings. The van der Waals surface area contributed by atoms with Gasteiger partial charge in [-0.05, 0) is 31.2 Å². The lowest BCUT2D eigenvalue weighted by molar-refractivity contribution is -0.135. The third kappa shape index (κ3) is 5.89. The van der Waals surface area contributed by atoms with Crippen LogP contribution in [0.5, 0.6) is 0 Å². The van der Waals surface area contributed by atoms with Gasteiger partial charge in [-0.1, -0.05) is 12.1 Å². The van der Waals surface area contributed by atoms with Crippen molar-refractivity contribution in [3.63, 3.8) is 0 Å². The predicted molar refractivity (Wildman–Crippen MR) is 69.7 cm³/mol. The zero-order valence-electron chi connectivity index (χ0n) is 11.0. The van der Waals surface area contributed by atoms with E-state index in [1.807, 2.05) is 0 Å². The van der Waals surface area contributed by atoms with Gasteiger partial charge in [-0.2, -0.15) is 13.2 Å². The largest absolute Gasteiger partial charge is 0.389 e. The molecule has 2 N–H and O–H groups in total. The molecule has 0 heterocycles. The summed E-state index contributed by atoms with van der Waals surface area (Å²) in [5, 5.41) is 2.93. The van der Waals surface area contributed by atoms with Gasteiger partial charge in [-0.15, -0.1) is 0 Å². The summed E-state index contributed by atoms with van der Waals surface area (Å²) < 4.78 is 61.6. The number of sulfonamides is 1. The standard InChI is InChI=1S/C12H17F3N2O2S/c1-16-9-10-3-5-11(6-4-10)20(18,19)17-8-2-7-12(13,14)15/h3-6,16-17H,2,7-9H2,1H3. The molecule has 4 nitrogen and oxygen atoms in total. The summed E-state index contributed by atoms with van der Waals surface area (Å²) >= 11 is 0. The Morgan fingerprint density at radius 1 is 1.15 bits per heavy atom.